The molecule has 4 rings (SSSR count). The van der Waals surface area contributed by atoms with E-state index in [-0.39, 0.29) is 41.5 Å². The van der Waals surface area contributed by atoms with Crippen LogP contribution in [0.3, 0.4) is 0 Å². The van der Waals surface area contributed by atoms with Gasteiger partial charge in [-0.15, -0.1) is 0 Å². The molecular weight excluding hydrogens is 454 g/mol. The minimum atomic E-state index is -1.14. The summed E-state index contributed by atoms with van der Waals surface area (Å²) in [7, 11) is 0. The number of carbonyl (C=O) groups is 4. The molecule has 0 aromatic rings. The van der Waals surface area contributed by atoms with Crippen LogP contribution in [-0.2, 0) is 23.9 Å². The molecule has 34 heavy (non-hydrogen) atoms. The van der Waals surface area contributed by atoms with Crippen LogP contribution in [0.15, 0.2) is 0 Å². The topological polar surface area (TPSA) is 110 Å². The van der Waals surface area contributed by atoms with Gasteiger partial charge in [0, 0.05) is 30.4 Å². The molecular formula is C26H39NO6S. The second-order valence-electron chi connectivity index (χ2n) is 11.6. The number of carboxylic acid groups (broad SMARTS) is 1. The molecule has 190 valence electrons. The van der Waals surface area contributed by atoms with Crippen molar-refractivity contribution in [2.24, 2.45) is 34.5 Å². The molecule has 0 radical (unpaired) electrons. The predicted molar refractivity (Wildman–Crippen MR) is 129 cm³/mol. The number of esters is 1. The van der Waals surface area contributed by atoms with E-state index in [0.717, 1.165) is 51.4 Å². The van der Waals surface area contributed by atoms with Gasteiger partial charge >= 0.3 is 11.9 Å². The largest absolute Gasteiger partial charge is 0.480 e. The number of ether oxygens (including phenoxy) is 1. The molecule has 0 saturated heterocycles. The molecule has 7 nitrogen and oxygen atoms in total. The van der Waals surface area contributed by atoms with Gasteiger partial charge < -0.3 is 15.2 Å². The van der Waals surface area contributed by atoms with Crippen molar-refractivity contribution in [1.29, 1.82) is 0 Å². The lowest BCUT2D eigenvalue weighted by molar-refractivity contribution is -0.164. The zero-order valence-electron chi connectivity index (χ0n) is 20.4. The van der Waals surface area contributed by atoms with Crippen LogP contribution in [-0.4, -0.2) is 46.6 Å². The molecule has 0 unspecified atom stereocenters. The van der Waals surface area contributed by atoms with Crippen LogP contribution in [0.25, 0.3) is 0 Å². The van der Waals surface area contributed by atoms with Gasteiger partial charge in [0.1, 0.15) is 17.9 Å². The monoisotopic (exact) mass is 493 g/mol. The summed E-state index contributed by atoms with van der Waals surface area (Å²) in [5.41, 5.74) is 0.230. The van der Waals surface area contributed by atoms with Crippen molar-refractivity contribution in [3.05, 3.63) is 0 Å². The Morgan fingerprint density at radius 2 is 1.79 bits per heavy atom. The minimum absolute atomic E-state index is 0.00834. The van der Waals surface area contributed by atoms with E-state index in [1.807, 2.05) is 0 Å². The minimum Gasteiger partial charge on any atom is -0.480 e. The van der Waals surface area contributed by atoms with Crippen LogP contribution in [0.5, 0.6) is 0 Å². The van der Waals surface area contributed by atoms with Gasteiger partial charge in [0.2, 0.25) is 5.91 Å². The number of fused-ring (bicyclic) bond motifs is 5. The lowest BCUT2D eigenvalue weighted by Crippen LogP contribution is -2.54. The van der Waals surface area contributed by atoms with E-state index in [4.69, 9.17) is 9.84 Å². The van der Waals surface area contributed by atoms with Crippen molar-refractivity contribution in [2.75, 3.05) is 5.75 Å². The number of ketones is 1. The third kappa shape index (κ3) is 4.63. The zero-order chi connectivity index (χ0) is 24.7. The third-order valence-corrected chi connectivity index (χ3v) is 10.4. The highest BCUT2D eigenvalue weighted by Gasteiger charge is 2.61. The van der Waals surface area contributed by atoms with Crippen molar-refractivity contribution < 1.29 is 29.0 Å². The molecule has 4 aliphatic rings. The van der Waals surface area contributed by atoms with Crippen LogP contribution >= 0.6 is 12.6 Å². The summed E-state index contributed by atoms with van der Waals surface area (Å²) in [6.07, 6.45) is 8.66. The smallest absolute Gasteiger partial charge is 0.327 e. The predicted octanol–water partition coefficient (Wildman–Crippen LogP) is 3.79. The number of amides is 1. The molecule has 4 saturated carbocycles. The summed E-state index contributed by atoms with van der Waals surface area (Å²) in [4.78, 5) is 47.8. The standard InChI is InChI=1S/C26H39NO6S/c1-25-11-9-16(28)13-15(25)3-4-17-18-5-6-21(26(18,2)12-10-19(17)25)33-23(30)8-7-22(29)27-20(14-34)24(31)32/h15,17-21,34H,3-14H2,1-2H3,(H,27,29)(H,31,32)/t15-,17+,18+,19-,20-,21-,25-,26-/m0/s1. The number of hydrogen-bond donors (Lipinski definition) is 3. The van der Waals surface area contributed by atoms with E-state index < -0.39 is 17.9 Å². The first-order valence-electron chi connectivity index (χ1n) is 12.9. The SMILES string of the molecule is C[C@]12CCC(=O)C[C@@H]1CC[C@@H]1[C@H]3CC[C@H](OC(=O)CCC(=O)N[C@@H](CS)C(=O)O)[C@@]3(C)CC[C@@H]12. The van der Waals surface area contributed by atoms with E-state index in [0.29, 0.717) is 29.5 Å². The van der Waals surface area contributed by atoms with Crippen LogP contribution in [0.4, 0.5) is 0 Å². The number of nitrogens with one attached hydrogen (secondary N) is 1. The van der Waals surface area contributed by atoms with Gasteiger partial charge in [0.05, 0.1) is 6.42 Å². The first kappa shape index (κ1) is 25.5. The summed E-state index contributed by atoms with van der Waals surface area (Å²) >= 11 is 3.93. The molecule has 2 N–H and O–H groups in total. The molecule has 0 aliphatic heterocycles. The number of carbonyl (C=O) groups excluding carboxylic acids is 3. The molecule has 8 atom stereocenters. The van der Waals surface area contributed by atoms with Gasteiger partial charge in [-0.05, 0) is 74.0 Å². The molecule has 4 fully saturated rings. The van der Waals surface area contributed by atoms with Gasteiger partial charge in [-0.2, -0.15) is 12.6 Å². The van der Waals surface area contributed by atoms with Crippen molar-refractivity contribution >= 4 is 36.3 Å². The molecule has 0 aromatic heterocycles. The Balaban J connectivity index is 1.34. The number of carboxylic acids is 1. The second kappa shape index (κ2) is 9.82. The Hall–Kier alpha value is -1.57. The van der Waals surface area contributed by atoms with Crippen molar-refractivity contribution in [1.82, 2.24) is 5.32 Å². The summed E-state index contributed by atoms with van der Waals surface area (Å²) < 4.78 is 5.94. The maximum Gasteiger partial charge on any atom is 0.327 e. The quantitative estimate of drug-likeness (QED) is 0.368. The Labute approximate surface area is 207 Å². The van der Waals surface area contributed by atoms with E-state index in [1.54, 1.807) is 0 Å². The maximum atomic E-state index is 12.6. The lowest BCUT2D eigenvalue weighted by Gasteiger charge is -2.60. The second-order valence-corrected chi connectivity index (χ2v) is 12.0. The normalized spacial score (nSPS) is 39.9. The van der Waals surface area contributed by atoms with E-state index in [2.05, 4.69) is 31.8 Å². The fourth-order valence-corrected chi connectivity index (χ4v) is 8.32. The number of hydrogen-bond acceptors (Lipinski definition) is 6. The number of rotatable bonds is 7. The first-order chi connectivity index (χ1) is 16.1. The van der Waals surface area contributed by atoms with Crippen LogP contribution < -0.4 is 5.32 Å². The molecule has 0 heterocycles. The van der Waals surface area contributed by atoms with Crippen molar-refractivity contribution in [3.63, 3.8) is 0 Å². The lowest BCUT2D eigenvalue weighted by atomic mass is 9.45. The highest BCUT2D eigenvalue weighted by Crippen LogP contribution is 2.66. The van der Waals surface area contributed by atoms with Crippen molar-refractivity contribution in [3.8, 4) is 0 Å². The van der Waals surface area contributed by atoms with Gasteiger partial charge in [-0.3, -0.25) is 14.4 Å². The van der Waals surface area contributed by atoms with Gasteiger partial charge in [0.15, 0.2) is 0 Å². The summed E-state index contributed by atoms with van der Waals surface area (Å²) in [6, 6.07) is -1.06. The molecule has 8 heteroatoms. The summed E-state index contributed by atoms with van der Waals surface area (Å²) in [6.45, 7) is 4.72. The maximum absolute atomic E-state index is 12.6. The van der Waals surface area contributed by atoms with Gasteiger partial charge in [0.25, 0.3) is 0 Å². The van der Waals surface area contributed by atoms with Crippen LogP contribution in [0.2, 0.25) is 0 Å². The Morgan fingerprint density at radius 1 is 1.06 bits per heavy atom. The fraction of sp³-hybridized carbons (Fsp3) is 0.846. The summed E-state index contributed by atoms with van der Waals surface area (Å²) in [5, 5.41) is 11.4. The van der Waals surface area contributed by atoms with E-state index in [9.17, 15) is 19.2 Å². The number of Topliss-reactive ketones (excluding diaryl/α,β-unsaturated/α-hetero) is 1. The Kier molecular flexibility index (Phi) is 7.37. The number of thiol groups is 1. The average Bonchev–Trinajstić information content (AvgIpc) is 3.12. The molecule has 4 aliphatic carbocycles. The fourth-order valence-electron chi connectivity index (χ4n) is 8.08. The average molecular weight is 494 g/mol. The molecule has 1 amide bonds. The highest BCUT2D eigenvalue weighted by molar-refractivity contribution is 7.80. The zero-order valence-corrected chi connectivity index (χ0v) is 21.3. The Morgan fingerprint density at radius 3 is 2.50 bits per heavy atom. The molecule has 0 aromatic carbocycles. The highest BCUT2D eigenvalue weighted by atomic mass is 32.1. The summed E-state index contributed by atoms with van der Waals surface area (Å²) in [5.74, 6) is 0.779. The van der Waals surface area contributed by atoms with Gasteiger partial charge in [-0.25, -0.2) is 4.79 Å². The third-order valence-electron chi connectivity index (χ3n) is 10.0. The van der Waals surface area contributed by atoms with Crippen molar-refractivity contribution in [2.45, 2.75) is 96.6 Å². The van der Waals surface area contributed by atoms with Crippen LogP contribution in [0, 0.1) is 34.5 Å². The first-order valence-corrected chi connectivity index (χ1v) is 13.6. The van der Waals surface area contributed by atoms with Gasteiger partial charge in [-0.1, -0.05) is 13.8 Å². The number of aliphatic carboxylic acids is 1. The molecule has 0 bridgehead atoms. The van der Waals surface area contributed by atoms with E-state index >= 15 is 0 Å². The van der Waals surface area contributed by atoms with E-state index in [1.165, 1.54) is 6.42 Å². The molecule has 0 spiro atoms. The van der Waals surface area contributed by atoms with Crippen LogP contribution in [0.1, 0.15) is 84.5 Å². The Bertz CT molecular complexity index is 847.